The van der Waals surface area contributed by atoms with Gasteiger partial charge in [0.25, 0.3) is 11.6 Å². The third-order valence-electron chi connectivity index (χ3n) is 4.78. The topological polar surface area (TPSA) is 75.3 Å². The first-order chi connectivity index (χ1) is 13.3. The van der Waals surface area contributed by atoms with Crippen molar-refractivity contribution in [2.45, 2.75) is 32.0 Å². The molecule has 1 unspecified atom stereocenters. The number of anilines is 2. The molecule has 3 aromatic rings. The number of hydrogen-bond acceptors (Lipinski definition) is 7. The summed E-state index contributed by atoms with van der Waals surface area (Å²) in [5.41, 5.74) is 0.577. The summed E-state index contributed by atoms with van der Waals surface area (Å²) in [5, 5.41) is 11.8. The Morgan fingerprint density at radius 1 is 1.29 bits per heavy atom. The monoisotopic (exact) mass is 392 g/mol. The highest BCUT2D eigenvalue weighted by molar-refractivity contribution is 5.48. The lowest BCUT2D eigenvalue weighted by molar-refractivity contribution is -0.144. The smallest absolute Gasteiger partial charge is 0.357 e. The Labute approximate surface area is 159 Å². The highest BCUT2D eigenvalue weighted by atomic mass is 19.4. The van der Waals surface area contributed by atoms with Crippen LogP contribution in [0.5, 0.6) is 0 Å². The highest BCUT2D eigenvalue weighted by Gasteiger charge is 2.37. The molecular weight excluding hydrogens is 373 g/mol. The fourth-order valence-corrected chi connectivity index (χ4v) is 3.54. The molecule has 28 heavy (non-hydrogen) atoms. The maximum Gasteiger partial charge on any atom is 0.453 e. The molecule has 0 bridgehead atoms. The second kappa shape index (κ2) is 6.88. The van der Waals surface area contributed by atoms with Crippen LogP contribution in [-0.2, 0) is 6.18 Å². The molecule has 11 heteroatoms. The molecule has 1 aliphatic rings. The van der Waals surface area contributed by atoms with Gasteiger partial charge in [-0.3, -0.25) is 0 Å². The summed E-state index contributed by atoms with van der Waals surface area (Å²) in [5.74, 6) is 0.0553. The van der Waals surface area contributed by atoms with Crippen molar-refractivity contribution < 1.29 is 13.2 Å². The SMILES string of the molecule is Cc1cc(N(C)CC2CCCN2c2cccnn2)n2nc(C(F)(F)F)nc2n1. The third kappa shape index (κ3) is 3.43. The zero-order valence-corrected chi connectivity index (χ0v) is 15.4. The molecule has 0 aliphatic carbocycles. The van der Waals surface area contributed by atoms with Gasteiger partial charge in [0.05, 0.1) is 0 Å². The minimum atomic E-state index is -4.62. The summed E-state index contributed by atoms with van der Waals surface area (Å²) in [4.78, 5) is 11.7. The standard InChI is InChI=1S/C17H19F3N8/c1-11-9-14(28-16(22-11)23-15(25-28)17(18,19)20)26(2)10-12-5-4-8-27(12)13-6-3-7-21-24-13/h3,6-7,9,12H,4-5,8,10H2,1-2H3. The van der Waals surface area contributed by atoms with E-state index in [4.69, 9.17) is 0 Å². The fourth-order valence-electron chi connectivity index (χ4n) is 3.54. The lowest BCUT2D eigenvalue weighted by atomic mass is 10.2. The Balaban J connectivity index is 1.63. The Kier molecular flexibility index (Phi) is 4.52. The van der Waals surface area contributed by atoms with E-state index in [0.29, 0.717) is 18.1 Å². The molecule has 3 aromatic heterocycles. The number of rotatable bonds is 4. The highest BCUT2D eigenvalue weighted by Crippen LogP contribution is 2.28. The molecule has 0 saturated carbocycles. The largest absolute Gasteiger partial charge is 0.453 e. The maximum absolute atomic E-state index is 13.0. The van der Waals surface area contributed by atoms with E-state index in [1.165, 1.54) is 0 Å². The van der Waals surface area contributed by atoms with Gasteiger partial charge in [0.15, 0.2) is 5.82 Å². The average Bonchev–Trinajstić information content (AvgIpc) is 3.28. The first-order valence-electron chi connectivity index (χ1n) is 8.90. The molecule has 0 spiro atoms. The van der Waals surface area contributed by atoms with E-state index in [-0.39, 0.29) is 11.8 Å². The summed E-state index contributed by atoms with van der Waals surface area (Å²) in [6, 6.07) is 5.62. The van der Waals surface area contributed by atoms with E-state index in [1.807, 2.05) is 24.1 Å². The van der Waals surface area contributed by atoms with Gasteiger partial charge in [-0.25, -0.2) is 4.98 Å². The van der Waals surface area contributed by atoms with E-state index in [1.54, 1.807) is 19.2 Å². The van der Waals surface area contributed by atoms with Gasteiger partial charge in [0.2, 0.25) is 0 Å². The van der Waals surface area contributed by atoms with Crippen LogP contribution in [0.25, 0.3) is 5.78 Å². The van der Waals surface area contributed by atoms with E-state index >= 15 is 0 Å². The molecule has 1 fully saturated rings. The van der Waals surface area contributed by atoms with Gasteiger partial charge in [-0.1, -0.05) is 0 Å². The van der Waals surface area contributed by atoms with Crippen molar-refractivity contribution >= 4 is 17.4 Å². The number of hydrogen-bond donors (Lipinski definition) is 0. The van der Waals surface area contributed by atoms with Crippen molar-refractivity contribution in [2.75, 3.05) is 29.9 Å². The van der Waals surface area contributed by atoms with Crippen LogP contribution < -0.4 is 9.80 Å². The molecule has 4 heterocycles. The Bertz CT molecular complexity index is 972. The van der Waals surface area contributed by atoms with E-state index in [0.717, 1.165) is 29.7 Å². The lowest BCUT2D eigenvalue weighted by Crippen LogP contribution is -2.40. The number of aryl methyl sites for hydroxylation is 1. The normalized spacial score (nSPS) is 17.5. The molecule has 0 radical (unpaired) electrons. The maximum atomic E-state index is 13.0. The predicted molar refractivity (Wildman–Crippen MR) is 96.2 cm³/mol. The Morgan fingerprint density at radius 2 is 2.11 bits per heavy atom. The summed E-state index contributed by atoms with van der Waals surface area (Å²) in [6.07, 6.45) is -1.02. The molecule has 148 valence electrons. The molecular formula is C17H19F3N8. The number of aromatic nitrogens is 6. The molecule has 4 rings (SSSR count). The predicted octanol–water partition coefficient (Wildman–Crippen LogP) is 2.35. The molecule has 0 amide bonds. The Hall–Kier alpha value is -2.98. The first kappa shape index (κ1) is 18.4. The van der Waals surface area contributed by atoms with Crippen LogP contribution >= 0.6 is 0 Å². The zero-order chi connectivity index (χ0) is 19.9. The minimum Gasteiger partial charge on any atom is -0.357 e. The first-order valence-corrected chi connectivity index (χ1v) is 8.90. The number of likely N-dealkylation sites (N-methyl/N-ethyl adjacent to an activating group) is 1. The van der Waals surface area contributed by atoms with Gasteiger partial charge in [-0.2, -0.15) is 27.8 Å². The summed E-state index contributed by atoms with van der Waals surface area (Å²) >= 11 is 0. The van der Waals surface area contributed by atoms with Crippen LogP contribution in [0.15, 0.2) is 24.4 Å². The number of fused-ring (bicyclic) bond motifs is 1. The van der Waals surface area contributed by atoms with Crippen molar-refractivity contribution in [3.05, 3.63) is 35.9 Å². The quantitative estimate of drug-likeness (QED) is 0.675. The van der Waals surface area contributed by atoms with Crippen molar-refractivity contribution in [1.29, 1.82) is 0 Å². The van der Waals surface area contributed by atoms with Crippen LogP contribution in [-0.4, -0.2) is 56.0 Å². The lowest BCUT2D eigenvalue weighted by Gasteiger charge is -2.30. The second-order valence-electron chi connectivity index (χ2n) is 6.85. The van der Waals surface area contributed by atoms with Crippen molar-refractivity contribution in [3.8, 4) is 0 Å². The third-order valence-corrected chi connectivity index (χ3v) is 4.78. The van der Waals surface area contributed by atoms with E-state index in [9.17, 15) is 13.2 Å². The molecule has 1 atom stereocenters. The van der Waals surface area contributed by atoms with Gasteiger partial charge in [-0.05, 0) is 31.9 Å². The van der Waals surface area contributed by atoms with Crippen molar-refractivity contribution in [1.82, 2.24) is 29.8 Å². The molecule has 0 aromatic carbocycles. The van der Waals surface area contributed by atoms with Crippen molar-refractivity contribution in [3.63, 3.8) is 0 Å². The van der Waals surface area contributed by atoms with E-state index in [2.05, 4.69) is 30.2 Å². The molecule has 1 aliphatic heterocycles. The van der Waals surface area contributed by atoms with Crippen LogP contribution in [0.4, 0.5) is 24.8 Å². The van der Waals surface area contributed by atoms with E-state index < -0.39 is 12.0 Å². The number of nitrogens with zero attached hydrogens (tertiary/aromatic N) is 8. The van der Waals surface area contributed by atoms with Gasteiger partial charge < -0.3 is 9.80 Å². The number of alkyl halides is 3. The fraction of sp³-hybridized carbons (Fsp3) is 0.471. The summed E-state index contributed by atoms with van der Waals surface area (Å²) < 4.78 is 40.2. The summed E-state index contributed by atoms with van der Waals surface area (Å²) in [7, 11) is 1.83. The van der Waals surface area contributed by atoms with Crippen LogP contribution in [0.2, 0.25) is 0 Å². The molecule has 1 saturated heterocycles. The van der Waals surface area contributed by atoms with Crippen LogP contribution in [0.3, 0.4) is 0 Å². The minimum absolute atomic E-state index is 0.0635. The number of halogens is 3. The van der Waals surface area contributed by atoms with Crippen molar-refractivity contribution in [2.24, 2.45) is 0 Å². The zero-order valence-electron chi connectivity index (χ0n) is 15.4. The van der Waals surface area contributed by atoms with Gasteiger partial charge in [0.1, 0.15) is 5.82 Å². The Morgan fingerprint density at radius 3 is 2.82 bits per heavy atom. The van der Waals surface area contributed by atoms with Crippen LogP contribution in [0.1, 0.15) is 24.4 Å². The van der Waals surface area contributed by atoms with Gasteiger partial charge in [0, 0.05) is 44.1 Å². The second-order valence-corrected chi connectivity index (χ2v) is 6.85. The average molecular weight is 392 g/mol. The molecule has 0 N–H and O–H groups in total. The van der Waals surface area contributed by atoms with Gasteiger partial charge >= 0.3 is 6.18 Å². The van der Waals surface area contributed by atoms with Crippen LogP contribution in [0, 0.1) is 6.92 Å². The molecule has 8 nitrogen and oxygen atoms in total. The van der Waals surface area contributed by atoms with Gasteiger partial charge in [-0.15, -0.1) is 10.2 Å². The summed E-state index contributed by atoms with van der Waals surface area (Å²) in [6.45, 7) is 3.18.